The Morgan fingerprint density at radius 2 is 1.93 bits per heavy atom. The van der Waals surface area contributed by atoms with Gasteiger partial charge in [-0.15, -0.1) is 22.7 Å². The number of nitrogens with zero attached hydrogens (tertiary/aromatic N) is 2. The normalized spacial score (nSPS) is 21.6. The van der Waals surface area contributed by atoms with Crippen LogP contribution in [0.15, 0.2) is 29.7 Å². The molecular weight excluding hydrogens is 406 g/mol. The number of carbonyl (C=O) groups is 3. The maximum absolute atomic E-state index is 12.4. The van der Waals surface area contributed by atoms with E-state index >= 15 is 0 Å². The summed E-state index contributed by atoms with van der Waals surface area (Å²) in [7, 11) is 0. The Morgan fingerprint density at radius 1 is 1.22 bits per heavy atom. The Labute approximate surface area is 168 Å². The molecule has 2 aromatic heterocycles. The molecule has 0 bridgehead atoms. The van der Waals surface area contributed by atoms with Gasteiger partial charge in [-0.3, -0.25) is 19.3 Å². The van der Waals surface area contributed by atoms with Gasteiger partial charge in [-0.2, -0.15) is 0 Å². The molecule has 1 aliphatic heterocycles. The first-order valence-electron chi connectivity index (χ1n) is 8.54. The first-order chi connectivity index (χ1) is 13.0. The summed E-state index contributed by atoms with van der Waals surface area (Å²) in [6, 6.07) is 3.68. The van der Waals surface area contributed by atoms with Crippen LogP contribution in [0, 0.1) is 11.8 Å². The predicted molar refractivity (Wildman–Crippen MR) is 106 cm³/mol. The highest BCUT2D eigenvalue weighted by Gasteiger charge is 2.46. The van der Waals surface area contributed by atoms with E-state index in [-0.39, 0.29) is 42.5 Å². The van der Waals surface area contributed by atoms with E-state index in [1.165, 1.54) is 27.6 Å². The minimum atomic E-state index is -0.270. The minimum absolute atomic E-state index is 0.0596. The van der Waals surface area contributed by atoms with E-state index in [1.807, 2.05) is 23.6 Å². The van der Waals surface area contributed by atoms with E-state index in [2.05, 4.69) is 10.3 Å². The van der Waals surface area contributed by atoms with Gasteiger partial charge in [-0.1, -0.05) is 23.8 Å². The quantitative estimate of drug-likeness (QED) is 0.588. The van der Waals surface area contributed by atoms with Crippen molar-refractivity contribution in [2.24, 2.45) is 11.8 Å². The van der Waals surface area contributed by atoms with E-state index in [9.17, 15) is 14.4 Å². The number of thiazole rings is 1. The standard InChI is InChI=1S/C18H16ClN3O3S2/c19-14-6-5-13(27-14)12-9-26-18(20-12)21-15(23)7-8-22-16(24)10-3-1-2-4-11(10)17(22)25/h1-2,5-6,9-11H,3-4,7-8H2,(H,20,21,23). The van der Waals surface area contributed by atoms with Crippen molar-refractivity contribution in [2.45, 2.75) is 19.3 Å². The van der Waals surface area contributed by atoms with E-state index in [4.69, 9.17) is 11.6 Å². The van der Waals surface area contributed by atoms with E-state index in [1.54, 1.807) is 6.07 Å². The maximum Gasteiger partial charge on any atom is 0.233 e. The lowest BCUT2D eigenvalue weighted by molar-refractivity contribution is -0.140. The van der Waals surface area contributed by atoms with E-state index in [0.29, 0.717) is 22.3 Å². The van der Waals surface area contributed by atoms with Crippen molar-refractivity contribution in [1.82, 2.24) is 9.88 Å². The third-order valence-electron chi connectivity index (χ3n) is 4.74. The Bertz CT molecular complexity index is 910. The molecule has 1 N–H and O–H groups in total. The molecule has 2 aliphatic rings. The van der Waals surface area contributed by atoms with Gasteiger partial charge in [0.05, 0.1) is 26.7 Å². The van der Waals surface area contributed by atoms with Gasteiger partial charge < -0.3 is 5.32 Å². The van der Waals surface area contributed by atoms with Crippen LogP contribution < -0.4 is 5.32 Å². The molecule has 27 heavy (non-hydrogen) atoms. The SMILES string of the molecule is O=C(CCN1C(=O)C2CC=CCC2C1=O)Nc1nc(-c2ccc(Cl)s2)cs1. The zero-order chi connectivity index (χ0) is 19.0. The van der Waals surface area contributed by atoms with Gasteiger partial charge >= 0.3 is 0 Å². The van der Waals surface area contributed by atoms with Crippen LogP contribution in [0.5, 0.6) is 0 Å². The van der Waals surface area contributed by atoms with Crippen molar-refractivity contribution >= 4 is 57.1 Å². The average Bonchev–Trinajstić information content (AvgIpc) is 3.35. The molecule has 1 fully saturated rings. The number of amides is 3. The van der Waals surface area contributed by atoms with Crippen LogP contribution in [-0.4, -0.2) is 34.2 Å². The number of allylic oxidation sites excluding steroid dienone is 2. The van der Waals surface area contributed by atoms with Crippen LogP contribution in [0.4, 0.5) is 5.13 Å². The number of anilines is 1. The van der Waals surface area contributed by atoms with Gasteiger partial charge in [0.25, 0.3) is 0 Å². The fourth-order valence-corrected chi connectivity index (χ4v) is 5.19. The molecule has 2 unspecified atom stereocenters. The highest BCUT2D eigenvalue weighted by atomic mass is 35.5. The molecule has 4 rings (SSSR count). The number of aromatic nitrogens is 1. The van der Waals surface area contributed by atoms with Gasteiger partial charge in [0, 0.05) is 18.3 Å². The first-order valence-corrected chi connectivity index (χ1v) is 10.6. The second kappa shape index (κ2) is 7.53. The summed E-state index contributed by atoms with van der Waals surface area (Å²) in [6.45, 7) is 0.106. The number of likely N-dealkylation sites (tertiary alicyclic amines) is 1. The second-order valence-corrected chi connectivity index (χ2v) is 9.00. The fraction of sp³-hybridized carbons (Fsp3) is 0.333. The number of hydrogen-bond acceptors (Lipinski definition) is 6. The number of hydrogen-bond donors (Lipinski definition) is 1. The smallest absolute Gasteiger partial charge is 0.233 e. The summed E-state index contributed by atoms with van der Waals surface area (Å²) in [5.74, 6) is -1.11. The third kappa shape index (κ3) is 3.69. The van der Waals surface area contributed by atoms with Crippen LogP contribution in [-0.2, 0) is 14.4 Å². The molecule has 3 heterocycles. The zero-order valence-corrected chi connectivity index (χ0v) is 16.6. The Kier molecular flexibility index (Phi) is 5.12. The van der Waals surface area contributed by atoms with Gasteiger partial charge in [0.15, 0.2) is 5.13 Å². The highest BCUT2D eigenvalue weighted by Crippen LogP contribution is 2.35. The van der Waals surface area contributed by atoms with Crippen LogP contribution in [0.3, 0.4) is 0 Å². The number of fused-ring (bicyclic) bond motifs is 1. The van der Waals surface area contributed by atoms with Crippen molar-refractivity contribution in [3.8, 4) is 10.6 Å². The molecule has 2 aromatic rings. The highest BCUT2D eigenvalue weighted by molar-refractivity contribution is 7.20. The molecule has 6 nitrogen and oxygen atoms in total. The fourth-order valence-electron chi connectivity index (χ4n) is 3.38. The molecule has 0 saturated carbocycles. The molecular formula is C18H16ClN3O3S2. The summed E-state index contributed by atoms with van der Waals surface area (Å²) < 4.78 is 0.680. The number of imide groups is 1. The summed E-state index contributed by atoms with van der Waals surface area (Å²) in [5.41, 5.74) is 0.758. The van der Waals surface area contributed by atoms with Crippen molar-refractivity contribution < 1.29 is 14.4 Å². The molecule has 1 aliphatic carbocycles. The lowest BCUT2D eigenvalue weighted by atomic mass is 9.85. The predicted octanol–water partition coefficient (Wildman–Crippen LogP) is 3.80. The average molecular weight is 422 g/mol. The number of rotatable bonds is 5. The number of halogens is 1. The summed E-state index contributed by atoms with van der Waals surface area (Å²) in [4.78, 5) is 43.6. The van der Waals surface area contributed by atoms with Gasteiger partial charge in [0.1, 0.15) is 0 Å². The molecule has 0 spiro atoms. The van der Waals surface area contributed by atoms with Crippen LogP contribution in [0.25, 0.3) is 10.6 Å². The minimum Gasteiger partial charge on any atom is -0.302 e. The van der Waals surface area contributed by atoms with Crippen LogP contribution in [0.1, 0.15) is 19.3 Å². The Morgan fingerprint density at radius 3 is 2.56 bits per heavy atom. The van der Waals surface area contributed by atoms with Crippen molar-refractivity contribution in [3.63, 3.8) is 0 Å². The van der Waals surface area contributed by atoms with E-state index < -0.39 is 0 Å². The maximum atomic E-state index is 12.4. The molecule has 1 saturated heterocycles. The lowest BCUT2D eigenvalue weighted by Crippen LogP contribution is -2.34. The zero-order valence-electron chi connectivity index (χ0n) is 14.2. The van der Waals surface area contributed by atoms with Crippen LogP contribution in [0.2, 0.25) is 4.34 Å². The van der Waals surface area contributed by atoms with Crippen LogP contribution >= 0.6 is 34.3 Å². The third-order valence-corrected chi connectivity index (χ3v) is 6.75. The second-order valence-electron chi connectivity index (χ2n) is 6.42. The van der Waals surface area contributed by atoms with Gasteiger partial charge in [-0.25, -0.2) is 4.98 Å². The van der Waals surface area contributed by atoms with Crippen molar-refractivity contribution in [3.05, 3.63) is 34.0 Å². The molecule has 0 radical (unpaired) electrons. The topological polar surface area (TPSA) is 79.4 Å². The van der Waals surface area contributed by atoms with Crippen molar-refractivity contribution in [2.75, 3.05) is 11.9 Å². The Hall–Kier alpha value is -2.03. The van der Waals surface area contributed by atoms with Gasteiger partial charge in [0.2, 0.25) is 17.7 Å². The van der Waals surface area contributed by atoms with Gasteiger partial charge in [-0.05, 0) is 25.0 Å². The first kappa shape index (κ1) is 18.3. The number of thiophene rings is 1. The number of nitrogens with one attached hydrogen (secondary N) is 1. The van der Waals surface area contributed by atoms with Crippen molar-refractivity contribution in [1.29, 1.82) is 0 Å². The monoisotopic (exact) mass is 421 g/mol. The summed E-state index contributed by atoms with van der Waals surface area (Å²) >= 11 is 8.68. The lowest BCUT2D eigenvalue weighted by Gasteiger charge is -2.14. The largest absolute Gasteiger partial charge is 0.302 e. The summed E-state index contributed by atoms with van der Waals surface area (Å²) in [5, 5.41) is 5.07. The number of carbonyl (C=O) groups excluding carboxylic acids is 3. The molecule has 3 amide bonds. The molecule has 0 aromatic carbocycles. The van der Waals surface area contributed by atoms with E-state index in [0.717, 1.165) is 10.6 Å². The Balaban J connectivity index is 1.33. The summed E-state index contributed by atoms with van der Waals surface area (Å²) in [6.07, 6.45) is 5.16. The molecule has 140 valence electrons. The molecule has 9 heteroatoms. The molecule has 2 atom stereocenters.